The summed E-state index contributed by atoms with van der Waals surface area (Å²) in [5.41, 5.74) is 1.32. The van der Waals surface area contributed by atoms with Gasteiger partial charge in [0.2, 0.25) is 5.91 Å². The highest BCUT2D eigenvalue weighted by molar-refractivity contribution is 7.10. The van der Waals surface area contributed by atoms with Crippen LogP contribution in [0, 0.1) is 0 Å². The van der Waals surface area contributed by atoms with Crippen LogP contribution < -0.4 is 5.32 Å². The number of thiophene rings is 1. The van der Waals surface area contributed by atoms with E-state index in [1.165, 1.54) is 10.4 Å². The van der Waals surface area contributed by atoms with Gasteiger partial charge in [-0.1, -0.05) is 0 Å². The van der Waals surface area contributed by atoms with Gasteiger partial charge in [-0.25, -0.2) is 0 Å². The van der Waals surface area contributed by atoms with Crippen LogP contribution >= 0.6 is 11.3 Å². The minimum absolute atomic E-state index is 0.137. The average molecular weight is 224 g/mol. The van der Waals surface area contributed by atoms with Gasteiger partial charge in [-0.05, 0) is 37.4 Å². The SMILES string of the molecule is CCN1CCc2ccsc2C(NC)C1=O. The van der Waals surface area contributed by atoms with E-state index in [-0.39, 0.29) is 11.9 Å². The zero-order chi connectivity index (χ0) is 10.8. The normalized spacial score (nSPS) is 21.3. The van der Waals surface area contributed by atoms with Crippen molar-refractivity contribution in [2.75, 3.05) is 20.1 Å². The van der Waals surface area contributed by atoms with E-state index in [0.717, 1.165) is 19.5 Å². The highest BCUT2D eigenvalue weighted by Gasteiger charge is 2.29. The summed E-state index contributed by atoms with van der Waals surface area (Å²) in [7, 11) is 1.85. The molecule has 0 fully saturated rings. The molecule has 0 spiro atoms. The monoisotopic (exact) mass is 224 g/mol. The molecule has 0 aliphatic carbocycles. The summed E-state index contributed by atoms with van der Waals surface area (Å²) in [4.78, 5) is 15.3. The Morgan fingerprint density at radius 2 is 2.47 bits per heavy atom. The van der Waals surface area contributed by atoms with Crippen LogP contribution in [0.15, 0.2) is 11.4 Å². The second-order valence-corrected chi connectivity index (χ2v) is 4.65. The second-order valence-electron chi connectivity index (χ2n) is 3.70. The van der Waals surface area contributed by atoms with E-state index in [2.05, 4.69) is 16.8 Å². The van der Waals surface area contributed by atoms with Gasteiger partial charge in [-0.3, -0.25) is 4.79 Å². The second kappa shape index (κ2) is 4.33. The molecule has 1 N–H and O–H groups in total. The zero-order valence-electron chi connectivity index (χ0n) is 9.12. The maximum absolute atomic E-state index is 12.1. The third kappa shape index (κ3) is 1.79. The van der Waals surface area contributed by atoms with Gasteiger partial charge < -0.3 is 10.2 Å². The number of nitrogens with one attached hydrogen (secondary N) is 1. The Kier molecular flexibility index (Phi) is 3.07. The molecule has 0 radical (unpaired) electrons. The molecule has 1 atom stereocenters. The van der Waals surface area contributed by atoms with Crippen molar-refractivity contribution < 1.29 is 4.79 Å². The summed E-state index contributed by atoms with van der Waals surface area (Å²) in [6.07, 6.45) is 0.983. The van der Waals surface area contributed by atoms with Crippen LogP contribution in [0.25, 0.3) is 0 Å². The molecular formula is C11H16N2OS. The smallest absolute Gasteiger partial charge is 0.245 e. The molecule has 1 aromatic heterocycles. The first-order chi connectivity index (χ1) is 7.27. The molecule has 1 aromatic rings. The van der Waals surface area contributed by atoms with E-state index in [4.69, 9.17) is 0 Å². The molecule has 0 bridgehead atoms. The highest BCUT2D eigenvalue weighted by Crippen LogP contribution is 2.29. The molecule has 0 aromatic carbocycles. The van der Waals surface area contributed by atoms with E-state index in [1.54, 1.807) is 11.3 Å². The Morgan fingerprint density at radius 1 is 1.67 bits per heavy atom. The van der Waals surface area contributed by atoms with E-state index < -0.39 is 0 Å². The summed E-state index contributed by atoms with van der Waals surface area (Å²) in [5.74, 6) is 0.209. The standard InChI is InChI=1S/C11H16N2OS/c1-3-13-6-4-8-5-7-15-10(8)9(12-2)11(13)14/h5,7,9,12H,3-4,6H2,1-2H3. The zero-order valence-corrected chi connectivity index (χ0v) is 9.93. The topological polar surface area (TPSA) is 32.3 Å². The lowest BCUT2D eigenvalue weighted by atomic mass is 10.1. The van der Waals surface area contributed by atoms with Crippen molar-refractivity contribution in [3.63, 3.8) is 0 Å². The third-order valence-corrected chi connectivity index (χ3v) is 3.95. The molecule has 2 heterocycles. The maximum Gasteiger partial charge on any atom is 0.245 e. The minimum Gasteiger partial charge on any atom is -0.341 e. The first-order valence-corrected chi connectivity index (χ1v) is 6.18. The molecule has 4 heteroatoms. The Hall–Kier alpha value is -0.870. The number of hydrogen-bond acceptors (Lipinski definition) is 3. The predicted octanol–water partition coefficient (Wildman–Crippen LogP) is 1.41. The molecule has 2 rings (SSSR count). The number of carbonyl (C=O) groups excluding carboxylic acids is 1. The van der Waals surface area contributed by atoms with Crippen molar-refractivity contribution in [3.05, 3.63) is 21.9 Å². The van der Waals surface area contributed by atoms with Crippen LogP contribution in [0.5, 0.6) is 0 Å². The first-order valence-electron chi connectivity index (χ1n) is 5.30. The Bertz CT molecular complexity index is 361. The van der Waals surface area contributed by atoms with E-state index >= 15 is 0 Å². The number of fused-ring (bicyclic) bond motifs is 1. The summed E-state index contributed by atoms with van der Waals surface area (Å²) >= 11 is 1.68. The summed E-state index contributed by atoms with van der Waals surface area (Å²) in [6, 6.07) is 2.00. The van der Waals surface area contributed by atoms with E-state index in [1.807, 2.05) is 18.9 Å². The lowest BCUT2D eigenvalue weighted by Gasteiger charge is -2.22. The van der Waals surface area contributed by atoms with Crippen LogP contribution in [0.1, 0.15) is 23.4 Å². The number of carbonyl (C=O) groups is 1. The number of hydrogen-bond donors (Lipinski definition) is 1. The Balaban J connectivity index is 2.35. The Morgan fingerprint density at radius 3 is 3.13 bits per heavy atom. The number of rotatable bonds is 2. The van der Waals surface area contributed by atoms with Crippen molar-refractivity contribution in [1.29, 1.82) is 0 Å². The lowest BCUT2D eigenvalue weighted by Crippen LogP contribution is -2.38. The molecule has 1 unspecified atom stereocenters. The molecule has 15 heavy (non-hydrogen) atoms. The first kappa shape index (κ1) is 10.6. The lowest BCUT2D eigenvalue weighted by molar-refractivity contribution is -0.132. The largest absolute Gasteiger partial charge is 0.341 e. The van der Waals surface area contributed by atoms with Gasteiger partial charge in [0, 0.05) is 18.0 Å². The van der Waals surface area contributed by atoms with Crippen LogP contribution in [0.3, 0.4) is 0 Å². The van der Waals surface area contributed by atoms with Gasteiger partial charge in [0.1, 0.15) is 6.04 Å². The van der Waals surface area contributed by atoms with Gasteiger partial charge in [0.15, 0.2) is 0 Å². The number of amides is 1. The molecule has 1 aliphatic heterocycles. The van der Waals surface area contributed by atoms with Gasteiger partial charge in [0.25, 0.3) is 0 Å². The van der Waals surface area contributed by atoms with Gasteiger partial charge >= 0.3 is 0 Å². The molecule has 1 aliphatic rings. The fraction of sp³-hybridized carbons (Fsp3) is 0.545. The molecule has 3 nitrogen and oxygen atoms in total. The van der Waals surface area contributed by atoms with Crippen LogP contribution in [0.2, 0.25) is 0 Å². The predicted molar refractivity (Wildman–Crippen MR) is 62.1 cm³/mol. The minimum atomic E-state index is -0.137. The van der Waals surface area contributed by atoms with Gasteiger partial charge in [-0.2, -0.15) is 0 Å². The van der Waals surface area contributed by atoms with Crippen LogP contribution in [0.4, 0.5) is 0 Å². The molecule has 82 valence electrons. The molecule has 1 amide bonds. The van der Waals surface area contributed by atoms with Crippen molar-refractivity contribution in [2.45, 2.75) is 19.4 Å². The van der Waals surface area contributed by atoms with Crippen molar-refractivity contribution in [3.8, 4) is 0 Å². The number of likely N-dealkylation sites (N-methyl/N-ethyl adjacent to an activating group) is 2. The van der Waals surface area contributed by atoms with E-state index in [9.17, 15) is 4.79 Å². The van der Waals surface area contributed by atoms with Crippen molar-refractivity contribution >= 4 is 17.2 Å². The summed E-state index contributed by atoms with van der Waals surface area (Å²) < 4.78 is 0. The number of nitrogens with zero attached hydrogens (tertiary/aromatic N) is 1. The maximum atomic E-state index is 12.1. The summed E-state index contributed by atoms with van der Waals surface area (Å²) in [5, 5.41) is 5.19. The van der Waals surface area contributed by atoms with Crippen LogP contribution in [-0.2, 0) is 11.2 Å². The molecular weight excluding hydrogens is 208 g/mol. The third-order valence-electron chi connectivity index (χ3n) is 2.92. The van der Waals surface area contributed by atoms with E-state index in [0.29, 0.717) is 0 Å². The Labute approximate surface area is 94.1 Å². The fourth-order valence-electron chi connectivity index (χ4n) is 2.04. The molecule has 0 saturated heterocycles. The van der Waals surface area contributed by atoms with Crippen LogP contribution in [-0.4, -0.2) is 30.9 Å². The van der Waals surface area contributed by atoms with Crippen molar-refractivity contribution in [2.24, 2.45) is 0 Å². The van der Waals surface area contributed by atoms with Gasteiger partial charge in [0.05, 0.1) is 0 Å². The van der Waals surface area contributed by atoms with Crippen molar-refractivity contribution in [1.82, 2.24) is 10.2 Å². The molecule has 0 saturated carbocycles. The quantitative estimate of drug-likeness (QED) is 0.824. The summed E-state index contributed by atoms with van der Waals surface area (Å²) in [6.45, 7) is 3.67. The van der Waals surface area contributed by atoms with Gasteiger partial charge in [-0.15, -0.1) is 11.3 Å². The average Bonchev–Trinajstić information content (AvgIpc) is 2.64. The fourth-order valence-corrected chi connectivity index (χ4v) is 3.09. The highest BCUT2D eigenvalue weighted by atomic mass is 32.1.